The molecule has 3 aromatic rings. The molecule has 2 unspecified atom stereocenters. The Morgan fingerprint density at radius 2 is 1.72 bits per heavy atom. The molecule has 1 N–H and O–H groups in total. The van der Waals surface area contributed by atoms with Gasteiger partial charge in [0.05, 0.1) is 19.6 Å². The molecule has 4 rings (SSSR count). The summed E-state index contributed by atoms with van der Waals surface area (Å²) in [7, 11) is 1.61. The fraction of sp³-hybridized carbons (Fsp3) is 0.310. The predicted octanol–water partition coefficient (Wildman–Crippen LogP) is 4.96. The number of rotatable bonds is 10. The lowest BCUT2D eigenvalue weighted by Crippen LogP contribution is -2.45. The standard InChI is InChI=1S/C29H31ClN2O4/c1-35-25-15-11-22(12-16-25)20-32(27(33)18-21-9-13-24(30)14-10-21)28(23-6-3-2-4-7-23)29(34)31-19-26-8-5-17-36-26/h2-4,6-7,9-16,26,28H,5,8,17-20H2,1H3,(H,31,34). The van der Waals surface area contributed by atoms with Gasteiger partial charge in [-0.1, -0.05) is 66.2 Å². The fourth-order valence-corrected chi connectivity index (χ4v) is 4.48. The maximum atomic E-state index is 13.8. The molecular weight excluding hydrogens is 476 g/mol. The third kappa shape index (κ3) is 6.86. The van der Waals surface area contributed by atoms with Crippen LogP contribution in [0, 0.1) is 0 Å². The van der Waals surface area contributed by atoms with Crippen molar-refractivity contribution in [1.29, 1.82) is 0 Å². The first-order valence-electron chi connectivity index (χ1n) is 12.1. The lowest BCUT2D eigenvalue weighted by molar-refractivity contribution is -0.141. The normalized spacial score (nSPS) is 15.8. The van der Waals surface area contributed by atoms with Gasteiger partial charge in [0.25, 0.3) is 0 Å². The van der Waals surface area contributed by atoms with Crippen molar-refractivity contribution in [3.8, 4) is 5.75 Å². The van der Waals surface area contributed by atoms with Gasteiger partial charge in [-0.05, 0) is 53.8 Å². The number of ether oxygens (including phenoxy) is 2. The van der Waals surface area contributed by atoms with Crippen LogP contribution in [0.25, 0.3) is 0 Å². The zero-order chi connectivity index (χ0) is 25.3. The first-order chi connectivity index (χ1) is 17.5. The Balaban J connectivity index is 1.64. The van der Waals surface area contributed by atoms with Crippen molar-refractivity contribution in [2.45, 2.75) is 38.0 Å². The number of benzene rings is 3. The van der Waals surface area contributed by atoms with Gasteiger partial charge < -0.3 is 19.7 Å². The summed E-state index contributed by atoms with van der Waals surface area (Å²) in [6.07, 6.45) is 2.06. The van der Waals surface area contributed by atoms with Gasteiger partial charge >= 0.3 is 0 Å². The minimum Gasteiger partial charge on any atom is -0.497 e. The molecule has 6 nitrogen and oxygen atoms in total. The quantitative estimate of drug-likeness (QED) is 0.422. The van der Waals surface area contributed by atoms with E-state index in [1.165, 1.54) is 0 Å². The molecule has 1 heterocycles. The summed E-state index contributed by atoms with van der Waals surface area (Å²) >= 11 is 6.03. The Morgan fingerprint density at radius 1 is 1.03 bits per heavy atom. The van der Waals surface area contributed by atoms with E-state index in [9.17, 15) is 9.59 Å². The molecule has 3 aromatic carbocycles. The number of halogens is 1. The van der Waals surface area contributed by atoms with Gasteiger partial charge in [0.1, 0.15) is 11.8 Å². The van der Waals surface area contributed by atoms with E-state index in [-0.39, 0.29) is 30.9 Å². The highest BCUT2D eigenvalue weighted by atomic mass is 35.5. The van der Waals surface area contributed by atoms with Crippen molar-refractivity contribution in [3.63, 3.8) is 0 Å². The number of hydrogen-bond donors (Lipinski definition) is 1. The average Bonchev–Trinajstić information content (AvgIpc) is 3.43. The van der Waals surface area contributed by atoms with E-state index in [1.807, 2.05) is 66.7 Å². The van der Waals surface area contributed by atoms with E-state index in [4.69, 9.17) is 21.1 Å². The Morgan fingerprint density at radius 3 is 2.36 bits per heavy atom. The van der Waals surface area contributed by atoms with Crippen LogP contribution in [0.4, 0.5) is 0 Å². The van der Waals surface area contributed by atoms with Crippen LogP contribution in [0.15, 0.2) is 78.9 Å². The highest BCUT2D eigenvalue weighted by Gasteiger charge is 2.32. The van der Waals surface area contributed by atoms with Crippen LogP contribution in [-0.2, 0) is 27.3 Å². The number of carbonyl (C=O) groups excluding carboxylic acids is 2. The third-order valence-electron chi connectivity index (χ3n) is 6.30. The van der Waals surface area contributed by atoms with Crippen molar-refractivity contribution in [2.24, 2.45) is 0 Å². The second-order valence-electron chi connectivity index (χ2n) is 8.87. The van der Waals surface area contributed by atoms with Gasteiger partial charge in [-0.3, -0.25) is 9.59 Å². The molecule has 1 saturated heterocycles. The van der Waals surface area contributed by atoms with Crippen molar-refractivity contribution >= 4 is 23.4 Å². The Labute approximate surface area is 217 Å². The van der Waals surface area contributed by atoms with Crippen LogP contribution in [0.2, 0.25) is 5.02 Å². The molecule has 1 aliphatic rings. The summed E-state index contributed by atoms with van der Waals surface area (Å²) in [5, 5.41) is 3.65. The molecule has 0 aliphatic carbocycles. The minimum atomic E-state index is -0.797. The monoisotopic (exact) mass is 506 g/mol. The summed E-state index contributed by atoms with van der Waals surface area (Å²) in [5.41, 5.74) is 2.48. The molecule has 36 heavy (non-hydrogen) atoms. The summed E-state index contributed by atoms with van der Waals surface area (Å²) in [6, 6.07) is 23.3. The summed E-state index contributed by atoms with van der Waals surface area (Å²) in [4.78, 5) is 29.1. The van der Waals surface area contributed by atoms with Gasteiger partial charge in [-0.25, -0.2) is 0 Å². The lowest BCUT2D eigenvalue weighted by Gasteiger charge is -2.32. The zero-order valence-electron chi connectivity index (χ0n) is 20.4. The van der Waals surface area contributed by atoms with Gasteiger partial charge in [0.15, 0.2) is 0 Å². The van der Waals surface area contributed by atoms with Crippen molar-refractivity contribution in [1.82, 2.24) is 10.2 Å². The first-order valence-corrected chi connectivity index (χ1v) is 12.5. The maximum Gasteiger partial charge on any atom is 0.247 e. The van der Waals surface area contributed by atoms with Crippen molar-refractivity contribution < 1.29 is 19.1 Å². The van der Waals surface area contributed by atoms with Gasteiger partial charge in [0.2, 0.25) is 11.8 Å². The highest BCUT2D eigenvalue weighted by molar-refractivity contribution is 6.30. The van der Waals surface area contributed by atoms with Gasteiger partial charge in [-0.2, -0.15) is 0 Å². The zero-order valence-corrected chi connectivity index (χ0v) is 21.1. The molecule has 0 bridgehead atoms. The van der Waals surface area contributed by atoms with E-state index < -0.39 is 6.04 Å². The topological polar surface area (TPSA) is 67.9 Å². The lowest BCUT2D eigenvalue weighted by atomic mass is 10.0. The molecule has 1 fully saturated rings. The molecule has 0 spiro atoms. The number of carbonyl (C=O) groups is 2. The average molecular weight is 507 g/mol. The number of methoxy groups -OCH3 is 1. The molecule has 0 radical (unpaired) electrons. The molecule has 1 aliphatic heterocycles. The van der Waals surface area contributed by atoms with Gasteiger partial charge in [0, 0.05) is 24.7 Å². The Kier molecular flexibility index (Phi) is 8.98. The Bertz CT molecular complexity index is 1130. The van der Waals surface area contributed by atoms with E-state index in [0.29, 0.717) is 18.2 Å². The fourth-order valence-electron chi connectivity index (χ4n) is 4.35. The molecule has 2 amide bonds. The van der Waals surface area contributed by atoms with Crippen LogP contribution in [0.1, 0.15) is 35.6 Å². The van der Waals surface area contributed by atoms with E-state index in [0.717, 1.165) is 35.3 Å². The summed E-state index contributed by atoms with van der Waals surface area (Å²) in [5.74, 6) is 0.343. The third-order valence-corrected chi connectivity index (χ3v) is 6.56. The molecule has 2 atom stereocenters. The largest absolute Gasteiger partial charge is 0.497 e. The van der Waals surface area contributed by atoms with Crippen LogP contribution in [0.3, 0.4) is 0 Å². The first kappa shape index (κ1) is 25.7. The number of nitrogens with zero attached hydrogens (tertiary/aromatic N) is 1. The van der Waals surface area contributed by atoms with Crippen LogP contribution >= 0.6 is 11.6 Å². The minimum absolute atomic E-state index is 0.00480. The van der Waals surface area contributed by atoms with Crippen molar-refractivity contribution in [3.05, 3.63) is 101 Å². The Hall–Kier alpha value is -3.35. The van der Waals surface area contributed by atoms with Crippen LogP contribution in [-0.4, -0.2) is 43.1 Å². The number of hydrogen-bond acceptors (Lipinski definition) is 4. The molecular formula is C29H31ClN2O4. The number of amides is 2. The van der Waals surface area contributed by atoms with E-state index in [1.54, 1.807) is 24.1 Å². The second-order valence-corrected chi connectivity index (χ2v) is 9.30. The molecule has 0 aromatic heterocycles. The SMILES string of the molecule is COc1ccc(CN(C(=O)Cc2ccc(Cl)cc2)C(C(=O)NCC2CCCO2)c2ccccc2)cc1. The molecule has 0 saturated carbocycles. The van der Waals surface area contributed by atoms with E-state index in [2.05, 4.69) is 5.32 Å². The molecule has 188 valence electrons. The predicted molar refractivity (Wildman–Crippen MR) is 140 cm³/mol. The van der Waals surface area contributed by atoms with E-state index >= 15 is 0 Å². The smallest absolute Gasteiger partial charge is 0.247 e. The van der Waals surface area contributed by atoms with Crippen molar-refractivity contribution in [2.75, 3.05) is 20.3 Å². The van der Waals surface area contributed by atoms with Crippen LogP contribution < -0.4 is 10.1 Å². The summed E-state index contributed by atoms with van der Waals surface area (Å²) < 4.78 is 11.0. The maximum absolute atomic E-state index is 13.8. The van der Waals surface area contributed by atoms with Gasteiger partial charge in [-0.15, -0.1) is 0 Å². The molecule has 7 heteroatoms. The van der Waals surface area contributed by atoms with Crippen LogP contribution in [0.5, 0.6) is 5.75 Å². The highest BCUT2D eigenvalue weighted by Crippen LogP contribution is 2.26. The number of nitrogens with one attached hydrogen (secondary N) is 1. The summed E-state index contributed by atoms with van der Waals surface area (Å²) in [6.45, 7) is 1.40. The second kappa shape index (κ2) is 12.6.